The van der Waals surface area contributed by atoms with E-state index in [2.05, 4.69) is 16.5 Å². The maximum atomic E-state index is 11.6. The van der Waals surface area contributed by atoms with Gasteiger partial charge in [-0.3, -0.25) is 15.1 Å². The maximum Gasteiger partial charge on any atom is 0.320 e. The fourth-order valence-electron chi connectivity index (χ4n) is 3.38. The summed E-state index contributed by atoms with van der Waals surface area (Å²) in [5.74, 6) is -0.280. The second-order valence-corrected chi connectivity index (χ2v) is 6.82. The Morgan fingerprint density at radius 3 is 2.73 bits per heavy atom. The number of carboxylic acids is 1. The second kappa shape index (κ2) is 7.43. The predicted molar refractivity (Wildman–Crippen MR) is 97.1 cm³/mol. The number of nitrogens with zero attached hydrogens (tertiary/aromatic N) is 3. The van der Waals surface area contributed by atoms with E-state index in [1.54, 1.807) is 25.3 Å². The SMILES string of the molecule is COc1ccc(C2CC(C(=O)O)NC3C(C#N)C(SC)=NN23)cc1OC. The molecule has 4 unspecified atom stereocenters. The number of ether oxygens (including phenoxy) is 2. The largest absolute Gasteiger partial charge is 0.493 e. The predicted octanol–water partition coefficient (Wildman–Crippen LogP) is 1.65. The number of benzene rings is 1. The van der Waals surface area contributed by atoms with E-state index in [9.17, 15) is 15.2 Å². The molecule has 1 aromatic carbocycles. The van der Waals surface area contributed by atoms with Gasteiger partial charge in [-0.15, -0.1) is 11.8 Å². The number of hydrogen-bond donors (Lipinski definition) is 2. The molecule has 9 heteroatoms. The van der Waals surface area contributed by atoms with Gasteiger partial charge in [0, 0.05) is 0 Å². The van der Waals surface area contributed by atoms with Crippen LogP contribution in [0.5, 0.6) is 11.5 Å². The lowest BCUT2D eigenvalue weighted by molar-refractivity contribution is -0.142. The van der Waals surface area contributed by atoms with E-state index in [1.807, 2.05) is 18.4 Å². The standard InChI is InChI=1S/C17H20N4O4S/c1-24-13-5-4-9(6-14(13)25-2)12-7-11(17(22)23)19-15-10(8-18)16(26-3)20-21(12)15/h4-6,10-12,15,19H,7H2,1-3H3,(H,22,23). The highest BCUT2D eigenvalue weighted by Gasteiger charge is 2.47. The van der Waals surface area contributed by atoms with Crippen molar-refractivity contribution in [2.75, 3.05) is 20.5 Å². The van der Waals surface area contributed by atoms with Gasteiger partial charge in [-0.25, -0.2) is 0 Å². The molecular weight excluding hydrogens is 356 g/mol. The summed E-state index contributed by atoms with van der Waals surface area (Å²) in [4.78, 5) is 11.6. The molecule has 2 aliphatic heterocycles. The second-order valence-electron chi connectivity index (χ2n) is 6.00. The van der Waals surface area contributed by atoms with Crippen LogP contribution in [-0.4, -0.2) is 53.8 Å². The first-order chi connectivity index (χ1) is 12.5. The molecule has 26 heavy (non-hydrogen) atoms. The number of carboxylic acid groups (broad SMARTS) is 1. The fourth-order valence-corrected chi connectivity index (χ4v) is 3.99. The fraction of sp³-hybridized carbons (Fsp3) is 0.471. The van der Waals surface area contributed by atoms with Crippen molar-refractivity contribution in [3.63, 3.8) is 0 Å². The van der Waals surface area contributed by atoms with Gasteiger partial charge in [-0.2, -0.15) is 10.4 Å². The Bertz CT molecular complexity index is 779. The quantitative estimate of drug-likeness (QED) is 0.817. The summed E-state index contributed by atoms with van der Waals surface area (Å²) in [6.07, 6.45) is 1.71. The monoisotopic (exact) mass is 376 g/mol. The molecule has 1 aromatic rings. The third kappa shape index (κ3) is 3.06. The van der Waals surface area contributed by atoms with Gasteiger partial charge in [0.15, 0.2) is 11.5 Å². The van der Waals surface area contributed by atoms with Gasteiger partial charge in [-0.1, -0.05) is 6.07 Å². The van der Waals surface area contributed by atoms with Crippen molar-refractivity contribution < 1.29 is 19.4 Å². The van der Waals surface area contributed by atoms with Crippen molar-refractivity contribution in [3.05, 3.63) is 23.8 Å². The maximum absolute atomic E-state index is 11.6. The van der Waals surface area contributed by atoms with Crippen molar-refractivity contribution in [2.24, 2.45) is 11.0 Å². The first kappa shape index (κ1) is 18.4. The highest BCUT2D eigenvalue weighted by atomic mass is 32.2. The summed E-state index contributed by atoms with van der Waals surface area (Å²) in [5.41, 5.74) is 0.864. The van der Waals surface area contributed by atoms with Crippen molar-refractivity contribution >= 4 is 22.8 Å². The van der Waals surface area contributed by atoms with Gasteiger partial charge in [-0.05, 0) is 30.4 Å². The van der Waals surface area contributed by atoms with Crippen LogP contribution >= 0.6 is 11.8 Å². The summed E-state index contributed by atoms with van der Waals surface area (Å²) in [5, 5.41) is 29.2. The summed E-state index contributed by atoms with van der Waals surface area (Å²) < 4.78 is 10.6. The molecule has 4 atom stereocenters. The van der Waals surface area contributed by atoms with Crippen molar-refractivity contribution in [1.82, 2.24) is 10.3 Å². The Balaban J connectivity index is 2.02. The van der Waals surface area contributed by atoms with Crippen LogP contribution in [0.3, 0.4) is 0 Å². The van der Waals surface area contributed by atoms with Crippen LogP contribution in [0.2, 0.25) is 0 Å². The molecule has 2 heterocycles. The molecule has 0 aromatic heterocycles. The molecule has 138 valence electrons. The molecule has 2 aliphatic rings. The summed E-state index contributed by atoms with van der Waals surface area (Å²) in [6, 6.07) is 6.69. The molecule has 0 radical (unpaired) electrons. The van der Waals surface area contributed by atoms with E-state index in [-0.39, 0.29) is 6.04 Å². The Morgan fingerprint density at radius 1 is 1.42 bits per heavy atom. The number of carbonyl (C=O) groups is 1. The van der Waals surface area contributed by atoms with Gasteiger partial charge < -0.3 is 14.6 Å². The molecule has 0 spiro atoms. The number of nitriles is 1. The molecule has 2 N–H and O–H groups in total. The Hall–Kier alpha value is -2.44. The number of methoxy groups -OCH3 is 2. The van der Waals surface area contributed by atoms with E-state index in [0.29, 0.717) is 23.0 Å². The van der Waals surface area contributed by atoms with Crippen molar-refractivity contribution in [2.45, 2.75) is 24.7 Å². The normalized spacial score (nSPS) is 27.3. The van der Waals surface area contributed by atoms with Gasteiger partial charge >= 0.3 is 5.97 Å². The molecule has 0 amide bonds. The average Bonchev–Trinajstić information content (AvgIpc) is 3.04. The first-order valence-corrected chi connectivity index (χ1v) is 9.27. The van der Waals surface area contributed by atoms with Gasteiger partial charge in [0.2, 0.25) is 0 Å². The Labute approximate surface area is 155 Å². The molecule has 0 aliphatic carbocycles. The van der Waals surface area contributed by atoms with Crippen molar-refractivity contribution in [1.29, 1.82) is 5.26 Å². The van der Waals surface area contributed by atoms with Gasteiger partial charge in [0.1, 0.15) is 23.2 Å². The first-order valence-electron chi connectivity index (χ1n) is 8.05. The van der Waals surface area contributed by atoms with Crippen LogP contribution in [0.4, 0.5) is 0 Å². The zero-order valence-electron chi connectivity index (χ0n) is 14.7. The average molecular weight is 376 g/mol. The lowest BCUT2D eigenvalue weighted by atomic mass is 9.93. The third-order valence-corrected chi connectivity index (χ3v) is 5.42. The van der Waals surface area contributed by atoms with Crippen LogP contribution in [0, 0.1) is 17.2 Å². The Morgan fingerprint density at radius 2 is 2.15 bits per heavy atom. The Kier molecular flexibility index (Phi) is 5.25. The molecule has 3 rings (SSSR count). The van der Waals surface area contributed by atoms with E-state index >= 15 is 0 Å². The molecule has 0 saturated carbocycles. The summed E-state index contributed by atoms with van der Waals surface area (Å²) in [6.45, 7) is 0. The number of thioether (sulfide) groups is 1. The number of hydrogen-bond acceptors (Lipinski definition) is 8. The molecule has 1 fully saturated rings. The van der Waals surface area contributed by atoms with E-state index in [1.165, 1.54) is 11.8 Å². The lowest BCUT2D eigenvalue weighted by Crippen LogP contribution is -2.58. The smallest absolute Gasteiger partial charge is 0.320 e. The van der Waals surface area contributed by atoms with Gasteiger partial charge in [0.25, 0.3) is 0 Å². The van der Waals surface area contributed by atoms with E-state index < -0.39 is 24.1 Å². The molecule has 0 bridgehead atoms. The highest BCUT2D eigenvalue weighted by Crippen LogP contribution is 2.41. The minimum atomic E-state index is -0.940. The minimum absolute atomic E-state index is 0.289. The zero-order chi connectivity index (χ0) is 18.8. The van der Waals surface area contributed by atoms with Crippen LogP contribution in [-0.2, 0) is 4.79 Å². The molecule has 1 saturated heterocycles. The number of fused-ring (bicyclic) bond motifs is 1. The topological polar surface area (TPSA) is 107 Å². The number of rotatable bonds is 4. The summed E-state index contributed by atoms with van der Waals surface area (Å²) >= 11 is 1.41. The highest BCUT2D eigenvalue weighted by molar-refractivity contribution is 8.13. The van der Waals surface area contributed by atoms with E-state index in [0.717, 1.165) is 5.56 Å². The lowest BCUT2D eigenvalue weighted by Gasteiger charge is -2.41. The van der Waals surface area contributed by atoms with E-state index in [4.69, 9.17) is 9.47 Å². The van der Waals surface area contributed by atoms with Crippen LogP contribution < -0.4 is 14.8 Å². The van der Waals surface area contributed by atoms with Gasteiger partial charge in [0.05, 0.1) is 26.3 Å². The van der Waals surface area contributed by atoms with Crippen molar-refractivity contribution in [3.8, 4) is 17.6 Å². The summed E-state index contributed by atoms with van der Waals surface area (Å²) in [7, 11) is 3.12. The third-order valence-electron chi connectivity index (χ3n) is 4.67. The minimum Gasteiger partial charge on any atom is -0.493 e. The number of hydrazone groups is 1. The van der Waals surface area contributed by atoms with Crippen LogP contribution in [0.25, 0.3) is 0 Å². The van der Waals surface area contributed by atoms with Crippen LogP contribution in [0.15, 0.2) is 23.3 Å². The number of aliphatic carboxylic acids is 1. The van der Waals surface area contributed by atoms with Crippen LogP contribution in [0.1, 0.15) is 18.0 Å². The molecule has 8 nitrogen and oxygen atoms in total. The molecular formula is C17H20N4O4S. The number of nitrogens with one attached hydrogen (secondary N) is 1. The zero-order valence-corrected chi connectivity index (χ0v) is 15.5.